The number of amides is 1. The van der Waals surface area contributed by atoms with E-state index >= 15 is 0 Å². The first-order valence-electron chi connectivity index (χ1n) is 8.68. The molecule has 0 aliphatic heterocycles. The minimum Gasteiger partial charge on any atom is -0.368 e. The van der Waals surface area contributed by atoms with Gasteiger partial charge in [0.15, 0.2) is 5.69 Å². The highest BCUT2D eigenvalue weighted by Crippen LogP contribution is 2.23. The first-order chi connectivity index (χ1) is 12.9. The minimum atomic E-state index is -0.108. The van der Waals surface area contributed by atoms with Crippen LogP contribution in [0.15, 0.2) is 30.5 Å². The maximum absolute atomic E-state index is 12.8. The van der Waals surface area contributed by atoms with Crippen LogP contribution in [0.5, 0.6) is 0 Å². The number of hydrogen-bond donors (Lipinski definition) is 3. The van der Waals surface area contributed by atoms with Crippen molar-refractivity contribution in [1.82, 2.24) is 30.0 Å². The average molecular weight is 368 g/mol. The Morgan fingerprint density at radius 3 is 2.78 bits per heavy atom. The molecule has 9 heteroatoms. The van der Waals surface area contributed by atoms with Crippen molar-refractivity contribution in [2.45, 2.75) is 6.42 Å². The summed E-state index contributed by atoms with van der Waals surface area (Å²) in [5.41, 5.74) is 7.60. The Hall–Kier alpha value is -3.20. The number of nitrogens with one attached hydrogen (secondary N) is 2. The lowest BCUT2D eigenvalue weighted by molar-refractivity contribution is 0.0786. The van der Waals surface area contributed by atoms with Crippen molar-refractivity contribution < 1.29 is 4.79 Å². The highest BCUT2D eigenvalue weighted by atomic mass is 16.2. The number of aromatic nitrogens is 4. The standard InChI is InChI=1S/C18H24N8O/c1-25(2)9-4-10-26(3)17(27)16-13-11-12(5-6-14(13)23-24-16)21-15-7-8-20-18(19)22-15/h5-8,11H,4,9-10H2,1-3H3,(H,23,24)(H3,19,20,21,22). The monoisotopic (exact) mass is 368 g/mol. The number of carbonyl (C=O) groups is 1. The summed E-state index contributed by atoms with van der Waals surface area (Å²) in [6, 6.07) is 7.35. The van der Waals surface area contributed by atoms with Crippen LogP contribution < -0.4 is 11.1 Å². The Labute approximate surface area is 157 Å². The molecule has 3 rings (SSSR count). The van der Waals surface area contributed by atoms with Crippen molar-refractivity contribution >= 4 is 34.3 Å². The first-order valence-corrected chi connectivity index (χ1v) is 8.68. The Bertz CT molecular complexity index is 936. The Morgan fingerprint density at radius 1 is 1.22 bits per heavy atom. The summed E-state index contributed by atoms with van der Waals surface area (Å²) in [5.74, 6) is 0.669. The van der Waals surface area contributed by atoms with Crippen LogP contribution in [-0.4, -0.2) is 70.1 Å². The van der Waals surface area contributed by atoms with Gasteiger partial charge in [-0.1, -0.05) is 0 Å². The number of aromatic amines is 1. The van der Waals surface area contributed by atoms with E-state index in [9.17, 15) is 4.79 Å². The number of benzene rings is 1. The number of carbonyl (C=O) groups excluding carboxylic acids is 1. The molecule has 0 bridgehead atoms. The SMILES string of the molecule is CN(C)CCCN(C)C(=O)c1n[nH]c2ccc(Nc3ccnc(N)n3)cc12. The molecule has 0 atom stereocenters. The van der Waals surface area contributed by atoms with E-state index in [-0.39, 0.29) is 11.9 Å². The summed E-state index contributed by atoms with van der Waals surface area (Å²) in [6.07, 6.45) is 2.48. The molecule has 1 aromatic carbocycles. The molecule has 9 nitrogen and oxygen atoms in total. The summed E-state index contributed by atoms with van der Waals surface area (Å²) in [5, 5.41) is 11.1. The fourth-order valence-corrected chi connectivity index (χ4v) is 2.75. The van der Waals surface area contributed by atoms with Gasteiger partial charge in [-0.15, -0.1) is 0 Å². The van der Waals surface area contributed by atoms with Crippen LogP contribution in [-0.2, 0) is 0 Å². The molecule has 0 aliphatic carbocycles. The second kappa shape index (κ2) is 8.00. The van der Waals surface area contributed by atoms with Gasteiger partial charge in [0.05, 0.1) is 5.52 Å². The predicted molar refractivity (Wildman–Crippen MR) is 106 cm³/mol. The molecule has 4 N–H and O–H groups in total. The number of fused-ring (bicyclic) bond motifs is 1. The van der Waals surface area contributed by atoms with Crippen molar-refractivity contribution in [3.8, 4) is 0 Å². The van der Waals surface area contributed by atoms with E-state index < -0.39 is 0 Å². The van der Waals surface area contributed by atoms with Crippen molar-refractivity contribution in [1.29, 1.82) is 0 Å². The molecular formula is C18H24N8O. The summed E-state index contributed by atoms with van der Waals surface area (Å²) < 4.78 is 0. The van der Waals surface area contributed by atoms with E-state index in [1.165, 1.54) is 0 Å². The van der Waals surface area contributed by atoms with Gasteiger partial charge in [0.2, 0.25) is 5.95 Å². The zero-order chi connectivity index (χ0) is 19.4. The van der Waals surface area contributed by atoms with Crippen LogP contribution >= 0.6 is 0 Å². The van der Waals surface area contributed by atoms with Gasteiger partial charge in [-0.3, -0.25) is 9.89 Å². The molecule has 2 aromatic heterocycles. The number of nitrogen functional groups attached to an aromatic ring is 1. The van der Waals surface area contributed by atoms with Crippen LogP contribution in [0.2, 0.25) is 0 Å². The van der Waals surface area contributed by atoms with Crippen LogP contribution in [0.3, 0.4) is 0 Å². The van der Waals surface area contributed by atoms with Gasteiger partial charge < -0.3 is 20.9 Å². The molecule has 0 radical (unpaired) electrons. The molecule has 0 saturated heterocycles. The van der Waals surface area contributed by atoms with E-state index in [2.05, 4.69) is 30.4 Å². The van der Waals surface area contributed by atoms with Gasteiger partial charge in [-0.2, -0.15) is 10.1 Å². The normalized spacial score (nSPS) is 11.1. The number of H-pyrrole nitrogens is 1. The molecule has 27 heavy (non-hydrogen) atoms. The van der Waals surface area contributed by atoms with E-state index in [1.807, 2.05) is 32.3 Å². The molecular weight excluding hydrogens is 344 g/mol. The molecule has 0 unspecified atom stereocenters. The first kappa shape index (κ1) is 18.6. The molecule has 1 amide bonds. The lowest BCUT2D eigenvalue weighted by Gasteiger charge is -2.17. The van der Waals surface area contributed by atoms with E-state index in [4.69, 9.17) is 5.73 Å². The summed E-state index contributed by atoms with van der Waals surface area (Å²) in [4.78, 5) is 24.6. The van der Waals surface area contributed by atoms with Crippen LogP contribution in [0.4, 0.5) is 17.5 Å². The third-order valence-electron chi connectivity index (χ3n) is 4.16. The molecule has 0 saturated carbocycles. The number of hydrogen-bond acceptors (Lipinski definition) is 7. The maximum atomic E-state index is 12.8. The van der Waals surface area contributed by atoms with E-state index in [1.54, 1.807) is 24.2 Å². The smallest absolute Gasteiger partial charge is 0.274 e. The van der Waals surface area contributed by atoms with Crippen LogP contribution in [0.1, 0.15) is 16.9 Å². The number of nitrogens with two attached hydrogens (primary N) is 1. The fourth-order valence-electron chi connectivity index (χ4n) is 2.75. The Kier molecular flexibility index (Phi) is 5.51. The van der Waals surface area contributed by atoms with Gasteiger partial charge in [0.1, 0.15) is 5.82 Å². The highest BCUT2D eigenvalue weighted by Gasteiger charge is 2.18. The Morgan fingerprint density at radius 2 is 2.04 bits per heavy atom. The third-order valence-corrected chi connectivity index (χ3v) is 4.16. The van der Waals surface area contributed by atoms with Crippen LogP contribution in [0, 0.1) is 0 Å². The van der Waals surface area contributed by atoms with Gasteiger partial charge >= 0.3 is 0 Å². The number of nitrogens with zero attached hydrogens (tertiary/aromatic N) is 5. The fraction of sp³-hybridized carbons (Fsp3) is 0.333. The second-order valence-corrected chi connectivity index (χ2v) is 6.64. The lowest BCUT2D eigenvalue weighted by atomic mass is 10.1. The van der Waals surface area contributed by atoms with Crippen molar-refractivity contribution in [3.05, 3.63) is 36.2 Å². The summed E-state index contributed by atoms with van der Waals surface area (Å²) in [6.45, 7) is 1.60. The predicted octanol–water partition coefficient (Wildman–Crippen LogP) is 1.70. The van der Waals surface area contributed by atoms with Gasteiger partial charge in [0.25, 0.3) is 5.91 Å². The largest absolute Gasteiger partial charge is 0.368 e. The van der Waals surface area contributed by atoms with Crippen molar-refractivity contribution in [2.75, 3.05) is 45.3 Å². The maximum Gasteiger partial charge on any atom is 0.274 e. The quantitative estimate of drug-likeness (QED) is 0.581. The highest BCUT2D eigenvalue weighted by molar-refractivity contribution is 6.05. The van der Waals surface area contributed by atoms with Gasteiger partial charge in [0, 0.05) is 30.9 Å². The van der Waals surface area contributed by atoms with Crippen molar-refractivity contribution in [2.24, 2.45) is 0 Å². The molecule has 0 spiro atoms. The van der Waals surface area contributed by atoms with E-state index in [0.29, 0.717) is 18.1 Å². The molecule has 2 heterocycles. The molecule has 3 aromatic rings. The number of anilines is 3. The van der Waals surface area contributed by atoms with Crippen LogP contribution in [0.25, 0.3) is 10.9 Å². The molecule has 142 valence electrons. The number of rotatable bonds is 7. The molecule has 0 fully saturated rings. The summed E-state index contributed by atoms with van der Waals surface area (Å²) in [7, 11) is 5.83. The minimum absolute atomic E-state index is 0.108. The second-order valence-electron chi connectivity index (χ2n) is 6.64. The third kappa shape index (κ3) is 4.50. The topological polar surface area (TPSA) is 116 Å². The van der Waals surface area contributed by atoms with Gasteiger partial charge in [-0.05, 0) is 51.3 Å². The summed E-state index contributed by atoms with van der Waals surface area (Å²) >= 11 is 0. The zero-order valence-corrected chi connectivity index (χ0v) is 15.7. The zero-order valence-electron chi connectivity index (χ0n) is 15.7. The average Bonchev–Trinajstić information content (AvgIpc) is 3.04. The van der Waals surface area contributed by atoms with E-state index in [0.717, 1.165) is 29.6 Å². The Balaban J connectivity index is 1.79. The lowest BCUT2D eigenvalue weighted by Crippen LogP contribution is -2.30. The van der Waals surface area contributed by atoms with Gasteiger partial charge in [-0.25, -0.2) is 4.98 Å². The van der Waals surface area contributed by atoms with Crippen molar-refractivity contribution in [3.63, 3.8) is 0 Å². The molecule has 0 aliphatic rings.